The van der Waals surface area contributed by atoms with E-state index in [2.05, 4.69) is 34.8 Å². The van der Waals surface area contributed by atoms with Crippen molar-refractivity contribution in [1.29, 1.82) is 0 Å². The van der Waals surface area contributed by atoms with E-state index in [0.29, 0.717) is 44.0 Å². The lowest BCUT2D eigenvalue weighted by Gasteiger charge is -2.39. The molecule has 2 aliphatic heterocycles. The van der Waals surface area contributed by atoms with Crippen LogP contribution in [0, 0.1) is 0 Å². The highest BCUT2D eigenvalue weighted by Gasteiger charge is 2.53. The van der Waals surface area contributed by atoms with Gasteiger partial charge in [-0.2, -0.15) is 0 Å². The molecule has 2 aromatic heterocycles. The SMILES string of the molecule is CC(C)(C)OC(=O)NCc1cnc2c(c1)C1(CCN(c3ccc(N)cn3)CC1)C(=O)N2COCC[Si](C)(C)C. The van der Waals surface area contributed by atoms with E-state index >= 15 is 0 Å². The van der Waals surface area contributed by atoms with Gasteiger partial charge in [0.15, 0.2) is 0 Å². The Labute approximate surface area is 232 Å². The number of aromatic nitrogens is 2. The number of ether oxygens (including phenoxy) is 2. The van der Waals surface area contributed by atoms with Crippen LogP contribution in [0.5, 0.6) is 0 Å². The number of nitrogens with one attached hydrogen (secondary N) is 1. The molecule has 2 aromatic rings. The lowest BCUT2D eigenvalue weighted by molar-refractivity contribution is -0.125. The summed E-state index contributed by atoms with van der Waals surface area (Å²) in [6.07, 6.45) is 4.13. The molecule has 0 saturated carbocycles. The molecule has 0 bridgehead atoms. The number of carbonyl (C=O) groups excluding carboxylic acids is 2. The molecule has 1 spiro atoms. The van der Waals surface area contributed by atoms with Gasteiger partial charge < -0.3 is 25.4 Å². The van der Waals surface area contributed by atoms with Gasteiger partial charge in [-0.3, -0.25) is 9.69 Å². The number of anilines is 3. The summed E-state index contributed by atoms with van der Waals surface area (Å²) in [4.78, 5) is 39.3. The van der Waals surface area contributed by atoms with Crippen molar-refractivity contribution in [1.82, 2.24) is 15.3 Å². The van der Waals surface area contributed by atoms with Gasteiger partial charge in [0, 0.05) is 46.1 Å². The molecule has 3 N–H and O–H groups in total. The fourth-order valence-electron chi connectivity index (χ4n) is 4.96. The van der Waals surface area contributed by atoms with Crippen LogP contribution in [0.4, 0.5) is 22.1 Å². The molecule has 0 aliphatic carbocycles. The number of nitrogen functional groups attached to an aromatic ring is 1. The minimum absolute atomic E-state index is 0.0279. The van der Waals surface area contributed by atoms with Gasteiger partial charge in [0.2, 0.25) is 5.91 Å². The quantitative estimate of drug-likeness (QED) is 0.366. The van der Waals surface area contributed by atoms with Crippen LogP contribution in [-0.4, -0.2) is 62.1 Å². The zero-order chi connectivity index (χ0) is 28.4. The van der Waals surface area contributed by atoms with Gasteiger partial charge in [0.25, 0.3) is 0 Å². The Hall–Kier alpha value is -3.18. The lowest BCUT2D eigenvalue weighted by atomic mass is 9.74. The number of pyridine rings is 2. The molecular weight excluding hydrogens is 512 g/mol. The van der Waals surface area contributed by atoms with E-state index in [1.54, 1.807) is 17.3 Å². The third kappa shape index (κ3) is 6.88. The van der Waals surface area contributed by atoms with Crippen LogP contribution >= 0.6 is 0 Å². The fraction of sp³-hybridized carbons (Fsp3) is 0.571. The second-order valence-electron chi connectivity index (χ2n) is 12.7. The maximum atomic E-state index is 14.0. The van der Waals surface area contributed by atoms with Crippen molar-refractivity contribution in [2.75, 3.05) is 42.0 Å². The molecule has 4 heterocycles. The van der Waals surface area contributed by atoms with E-state index < -0.39 is 25.2 Å². The molecule has 0 unspecified atom stereocenters. The normalized spacial score (nSPS) is 16.9. The number of alkyl carbamates (subject to hydrolysis) is 1. The Bertz CT molecular complexity index is 1180. The van der Waals surface area contributed by atoms with Crippen LogP contribution in [0.2, 0.25) is 25.7 Å². The largest absolute Gasteiger partial charge is 0.444 e. The number of hydrogen-bond donors (Lipinski definition) is 2. The summed E-state index contributed by atoms with van der Waals surface area (Å²) in [6, 6.07) is 6.80. The number of amides is 2. The molecule has 1 fully saturated rings. The van der Waals surface area contributed by atoms with Crippen molar-refractivity contribution in [3.63, 3.8) is 0 Å². The highest BCUT2D eigenvalue weighted by Crippen LogP contribution is 2.47. The second-order valence-corrected chi connectivity index (χ2v) is 18.3. The average molecular weight is 555 g/mol. The zero-order valence-electron chi connectivity index (χ0n) is 24.0. The number of hydrogen-bond acceptors (Lipinski definition) is 8. The number of nitrogens with zero attached hydrogens (tertiary/aromatic N) is 4. The monoisotopic (exact) mass is 554 g/mol. The average Bonchev–Trinajstić information content (AvgIpc) is 3.07. The van der Waals surface area contributed by atoms with E-state index in [4.69, 9.17) is 20.2 Å². The van der Waals surface area contributed by atoms with Crippen LogP contribution in [-0.2, 0) is 26.2 Å². The molecule has 10 nitrogen and oxygen atoms in total. The first-order valence-corrected chi connectivity index (χ1v) is 17.3. The summed E-state index contributed by atoms with van der Waals surface area (Å²) in [5.74, 6) is 1.53. The van der Waals surface area contributed by atoms with Crippen molar-refractivity contribution >= 4 is 37.4 Å². The molecule has 212 valence electrons. The summed E-state index contributed by atoms with van der Waals surface area (Å²) in [7, 11) is -1.25. The molecule has 1 saturated heterocycles. The maximum Gasteiger partial charge on any atom is 0.407 e. The third-order valence-electron chi connectivity index (χ3n) is 7.11. The Morgan fingerprint density at radius 3 is 2.49 bits per heavy atom. The second kappa shape index (κ2) is 11.1. The van der Waals surface area contributed by atoms with Gasteiger partial charge in [-0.1, -0.05) is 19.6 Å². The van der Waals surface area contributed by atoms with Crippen molar-refractivity contribution in [2.24, 2.45) is 0 Å². The highest BCUT2D eigenvalue weighted by atomic mass is 28.3. The minimum atomic E-state index is -1.25. The number of fused-ring (bicyclic) bond motifs is 2. The van der Waals surface area contributed by atoms with Gasteiger partial charge in [-0.25, -0.2) is 14.8 Å². The summed E-state index contributed by atoms with van der Waals surface area (Å²) in [5.41, 5.74) is 6.87. The number of nitrogens with two attached hydrogens (primary N) is 1. The van der Waals surface area contributed by atoms with Gasteiger partial charge in [-0.05, 0) is 63.4 Å². The molecule has 11 heteroatoms. The topological polar surface area (TPSA) is 123 Å². The number of carbonyl (C=O) groups is 2. The van der Waals surface area contributed by atoms with Gasteiger partial charge >= 0.3 is 6.09 Å². The number of piperidine rings is 1. The van der Waals surface area contributed by atoms with Crippen LogP contribution < -0.4 is 20.9 Å². The van der Waals surface area contributed by atoms with E-state index in [1.165, 1.54) is 0 Å². The molecule has 0 aromatic carbocycles. The van der Waals surface area contributed by atoms with Crippen molar-refractivity contribution < 1.29 is 19.1 Å². The fourth-order valence-corrected chi connectivity index (χ4v) is 5.72. The summed E-state index contributed by atoms with van der Waals surface area (Å²) >= 11 is 0. The van der Waals surface area contributed by atoms with E-state index in [-0.39, 0.29) is 19.2 Å². The predicted molar refractivity (Wildman–Crippen MR) is 156 cm³/mol. The first kappa shape index (κ1) is 28.8. The van der Waals surface area contributed by atoms with Crippen molar-refractivity contribution in [3.05, 3.63) is 41.7 Å². The Balaban J connectivity index is 1.54. The Morgan fingerprint density at radius 1 is 1.15 bits per heavy atom. The first-order valence-electron chi connectivity index (χ1n) is 13.6. The van der Waals surface area contributed by atoms with Crippen LogP contribution in [0.15, 0.2) is 30.6 Å². The highest BCUT2D eigenvalue weighted by molar-refractivity contribution is 6.76. The standard InChI is InChI=1S/C28H42N6O4Si/c1-27(2,3)38-26(36)32-17-20-15-22-24(31-16-20)34(19-37-13-14-39(4,5)6)25(35)28(22)9-11-33(12-10-28)23-8-7-21(29)18-30-23/h7-8,15-16,18H,9-14,17,19,29H2,1-6H3,(H,32,36). The molecule has 0 atom stereocenters. The van der Waals surface area contributed by atoms with Gasteiger partial charge in [0.05, 0.1) is 17.3 Å². The molecule has 39 heavy (non-hydrogen) atoms. The molecule has 0 radical (unpaired) electrons. The third-order valence-corrected chi connectivity index (χ3v) is 8.82. The van der Waals surface area contributed by atoms with E-state index in [1.807, 2.05) is 39.0 Å². The van der Waals surface area contributed by atoms with Crippen molar-refractivity contribution in [2.45, 2.75) is 76.9 Å². The molecule has 2 amide bonds. The molecular formula is C28H42N6O4Si. The Morgan fingerprint density at radius 2 is 1.87 bits per heavy atom. The van der Waals surface area contributed by atoms with Crippen LogP contribution in [0.1, 0.15) is 44.7 Å². The first-order chi connectivity index (χ1) is 18.3. The Kier molecular flexibility index (Phi) is 8.22. The predicted octanol–water partition coefficient (Wildman–Crippen LogP) is 4.28. The lowest BCUT2D eigenvalue weighted by Crippen LogP contribution is -2.49. The molecule has 4 rings (SSSR count). The maximum absolute atomic E-state index is 14.0. The van der Waals surface area contributed by atoms with E-state index in [0.717, 1.165) is 23.0 Å². The van der Waals surface area contributed by atoms with E-state index in [9.17, 15) is 9.59 Å². The minimum Gasteiger partial charge on any atom is -0.444 e. The zero-order valence-corrected chi connectivity index (χ0v) is 25.0. The van der Waals surface area contributed by atoms with Crippen molar-refractivity contribution in [3.8, 4) is 0 Å². The summed E-state index contributed by atoms with van der Waals surface area (Å²) in [5, 5.41) is 2.80. The van der Waals surface area contributed by atoms with Crippen LogP contribution in [0.3, 0.4) is 0 Å². The van der Waals surface area contributed by atoms with Gasteiger partial charge in [0.1, 0.15) is 24.0 Å². The number of rotatable bonds is 8. The van der Waals surface area contributed by atoms with Gasteiger partial charge in [-0.15, -0.1) is 0 Å². The van der Waals surface area contributed by atoms with Crippen LogP contribution in [0.25, 0.3) is 0 Å². The smallest absolute Gasteiger partial charge is 0.407 e. The summed E-state index contributed by atoms with van der Waals surface area (Å²) < 4.78 is 11.4. The summed E-state index contributed by atoms with van der Waals surface area (Å²) in [6.45, 7) is 14.8. The molecule has 2 aliphatic rings.